The van der Waals surface area contributed by atoms with E-state index in [1.54, 1.807) is 33.6 Å². The van der Waals surface area contributed by atoms with Gasteiger partial charge in [0.2, 0.25) is 0 Å². The smallest absolute Gasteiger partial charge is 0.265 e. The number of pyridine rings is 2. The summed E-state index contributed by atoms with van der Waals surface area (Å²) < 4.78 is 3.43. The lowest BCUT2D eigenvalue weighted by molar-refractivity contribution is 0.475. The normalized spacial score (nSPS) is 11.4. The molecular weight excluding hydrogens is 466 g/mol. The Balaban J connectivity index is 1.63. The number of nitrogens with zero attached hydrogens (tertiary/aromatic N) is 6. The molecule has 0 fully saturated rings. The second kappa shape index (κ2) is 8.56. The molecule has 6 aromatic rings. The van der Waals surface area contributed by atoms with Crippen molar-refractivity contribution in [1.29, 1.82) is 0 Å². The summed E-state index contributed by atoms with van der Waals surface area (Å²) >= 11 is 0. The van der Waals surface area contributed by atoms with Crippen molar-refractivity contribution >= 4 is 27.8 Å². The first-order valence-corrected chi connectivity index (χ1v) is 11.7. The number of anilines is 1. The minimum Gasteiger partial charge on any atom is -0.508 e. The third-order valence-electron chi connectivity index (χ3n) is 6.54. The lowest BCUT2D eigenvalue weighted by Crippen LogP contribution is -2.25. The van der Waals surface area contributed by atoms with Crippen molar-refractivity contribution in [3.63, 3.8) is 0 Å². The van der Waals surface area contributed by atoms with E-state index in [-0.39, 0.29) is 23.7 Å². The van der Waals surface area contributed by atoms with Gasteiger partial charge in [-0.1, -0.05) is 30.3 Å². The summed E-state index contributed by atoms with van der Waals surface area (Å²) in [5.41, 5.74) is 11.8. The van der Waals surface area contributed by atoms with Gasteiger partial charge in [-0.2, -0.15) is 5.10 Å². The Kier molecular flexibility index (Phi) is 5.19. The lowest BCUT2D eigenvalue weighted by atomic mass is 10.1. The highest BCUT2D eigenvalue weighted by Gasteiger charge is 2.20. The highest BCUT2D eigenvalue weighted by molar-refractivity contribution is 5.98. The van der Waals surface area contributed by atoms with Crippen molar-refractivity contribution < 1.29 is 5.11 Å². The van der Waals surface area contributed by atoms with Gasteiger partial charge in [0.1, 0.15) is 23.6 Å². The van der Waals surface area contributed by atoms with Crippen LogP contribution in [-0.4, -0.2) is 34.4 Å². The number of para-hydroxylation sites is 1. The van der Waals surface area contributed by atoms with E-state index in [1.807, 2.05) is 56.3 Å². The summed E-state index contributed by atoms with van der Waals surface area (Å²) in [5.74, 6) is 0.390. The van der Waals surface area contributed by atoms with Gasteiger partial charge in [0.05, 0.1) is 34.2 Å². The molecule has 0 atom stereocenters. The van der Waals surface area contributed by atoms with E-state index in [2.05, 4.69) is 15.0 Å². The Morgan fingerprint density at radius 1 is 0.919 bits per heavy atom. The molecule has 4 aromatic heterocycles. The van der Waals surface area contributed by atoms with Gasteiger partial charge in [0, 0.05) is 11.8 Å². The van der Waals surface area contributed by atoms with Gasteiger partial charge in [-0.25, -0.2) is 14.6 Å². The number of nitrogen functional groups attached to an aromatic ring is 1. The van der Waals surface area contributed by atoms with Crippen molar-refractivity contribution in [2.24, 2.45) is 0 Å². The number of hydrogen-bond donors (Lipinski definition) is 2. The third kappa shape index (κ3) is 3.68. The second-order valence-electron chi connectivity index (χ2n) is 8.96. The van der Waals surface area contributed by atoms with Gasteiger partial charge in [0.15, 0.2) is 5.65 Å². The number of rotatable bonds is 4. The summed E-state index contributed by atoms with van der Waals surface area (Å²) in [5, 5.41) is 16.0. The Labute approximate surface area is 211 Å². The Morgan fingerprint density at radius 2 is 1.76 bits per heavy atom. The van der Waals surface area contributed by atoms with E-state index in [9.17, 15) is 9.90 Å². The molecule has 0 amide bonds. The van der Waals surface area contributed by atoms with Gasteiger partial charge in [-0.3, -0.25) is 14.3 Å². The minimum absolute atomic E-state index is 0.111. The predicted molar refractivity (Wildman–Crippen MR) is 143 cm³/mol. The molecule has 0 unspecified atom stereocenters. The first kappa shape index (κ1) is 22.4. The number of fused-ring (bicyclic) bond motifs is 2. The summed E-state index contributed by atoms with van der Waals surface area (Å²) in [7, 11) is 0. The second-order valence-corrected chi connectivity index (χ2v) is 8.96. The molecule has 4 heterocycles. The quantitative estimate of drug-likeness (QED) is 0.381. The van der Waals surface area contributed by atoms with Crippen LogP contribution in [-0.2, 0) is 6.54 Å². The lowest BCUT2D eigenvalue weighted by Gasteiger charge is -2.17. The number of nitrogens with two attached hydrogens (primary N) is 1. The summed E-state index contributed by atoms with van der Waals surface area (Å²) in [6.07, 6.45) is 3.10. The van der Waals surface area contributed by atoms with Crippen molar-refractivity contribution in [3.05, 3.63) is 100 Å². The molecule has 0 saturated carbocycles. The molecule has 0 saturated heterocycles. The molecule has 0 radical (unpaired) electrons. The number of aromatic nitrogens is 6. The van der Waals surface area contributed by atoms with Crippen LogP contribution >= 0.6 is 0 Å². The van der Waals surface area contributed by atoms with E-state index < -0.39 is 0 Å². The van der Waals surface area contributed by atoms with Crippen molar-refractivity contribution in [2.75, 3.05) is 5.73 Å². The number of phenols is 1. The highest BCUT2D eigenvalue weighted by Crippen LogP contribution is 2.32. The number of hydrogen-bond acceptors (Lipinski definition) is 7. The standard InChI is InChI=1S/C28H23N7O2/c1-16-6-3-4-9-22(16)35-19(13-21-23(28(35)37)17(2)10-11-30-21)14-34-27-24(26(29)31-15-32-27)25(33-34)18-7-5-8-20(36)12-18/h3-13,15,36H,14H2,1-2H3,(H2,29,31,32). The van der Waals surface area contributed by atoms with Crippen molar-refractivity contribution in [2.45, 2.75) is 20.4 Å². The van der Waals surface area contributed by atoms with Gasteiger partial charge < -0.3 is 10.8 Å². The van der Waals surface area contributed by atoms with Gasteiger partial charge in [-0.15, -0.1) is 0 Å². The van der Waals surface area contributed by atoms with Gasteiger partial charge >= 0.3 is 0 Å². The molecule has 3 N–H and O–H groups in total. The molecule has 0 aliphatic rings. The largest absolute Gasteiger partial charge is 0.508 e. The molecule has 9 nitrogen and oxygen atoms in total. The maximum absolute atomic E-state index is 13.9. The Morgan fingerprint density at radius 3 is 2.57 bits per heavy atom. The zero-order valence-electron chi connectivity index (χ0n) is 20.3. The van der Waals surface area contributed by atoms with Gasteiger partial charge in [-0.05, 0) is 55.3 Å². The van der Waals surface area contributed by atoms with Crippen LogP contribution in [0.25, 0.3) is 38.9 Å². The monoisotopic (exact) mass is 489 g/mol. The molecule has 0 aliphatic heterocycles. The summed E-state index contributed by atoms with van der Waals surface area (Å²) in [6, 6.07) is 18.3. The Hall–Kier alpha value is -5.05. The van der Waals surface area contributed by atoms with Gasteiger partial charge in [0.25, 0.3) is 5.56 Å². The molecule has 0 bridgehead atoms. The highest BCUT2D eigenvalue weighted by atomic mass is 16.3. The number of aryl methyl sites for hydroxylation is 2. The van der Waals surface area contributed by atoms with Crippen LogP contribution in [0.5, 0.6) is 5.75 Å². The number of benzene rings is 2. The average Bonchev–Trinajstić information content (AvgIpc) is 3.25. The topological polar surface area (TPSA) is 125 Å². The Bertz CT molecular complexity index is 1890. The molecule has 2 aromatic carbocycles. The number of phenolic OH excluding ortho intramolecular Hbond substituents is 1. The molecule has 9 heteroatoms. The van der Waals surface area contributed by atoms with Crippen LogP contribution < -0.4 is 11.3 Å². The zero-order chi connectivity index (χ0) is 25.7. The van der Waals surface area contributed by atoms with E-state index >= 15 is 0 Å². The van der Waals surface area contributed by atoms with Crippen molar-refractivity contribution in [1.82, 2.24) is 29.3 Å². The molecular formula is C28H23N7O2. The fourth-order valence-electron chi connectivity index (χ4n) is 4.78. The zero-order valence-corrected chi connectivity index (χ0v) is 20.3. The fraction of sp³-hybridized carbons (Fsp3) is 0.107. The average molecular weight is 490 g/mol. The third-order valence-corrected chi connectivity index (χ3v) is 6.54. The van der Waals surface area contributed by atoms with Crippen LogP contribution in [0.3, 0.4) is 0 Å². The molecule has 182 valence electrons. The van der Waals surface area contributed by atoms with E-state index in [4.69, 9.17) is 10.8 Å². The molecule has 0 aliphatic carbocycles. The summed E-state index contributed by atoms with van der Waals surface area (Å²) in [4.78, 5) is 27.0. The van der Waals surface area contributed by atoms with E-state index in [0.29, 0.717) is 38.9 Å². The van der Waals surface area contributed by atoms with Crippen molar-refractivity contribution in [3.8, 4) is 22.7 Å². The summed E-state index contributed by atoms with van der Waals surface area (Å²) in [6.45, 7) is 4.11. The first-order valence-electron chi connectivity index (χ1n) is 11.7. The van der Waals surface area contributed by atoms with Crippen LogP contribution in [0.2, 0.25) is 0 Å². The molecule has 0 spiro atoms. The molecule has 6 rings (SSSR count). The van der Waals surface area contributed by atoms with E-state index in [0.717, 1.165) is 16.8 Å². The van der Waals surface area contributed by atoms with Crippen LogP contribution in [0, 0.1) is 13.8 Å². The maximum atomic E-state index is 13.9. The predicted octanol–water partition coefficient (Wildman–Crippen LogP) is 4.15. The first-order chi connectivity index (χ1) is 17.9. The maximum Gasteiger partial charge on any atom is 0.265 e. The fourth-order valence-corrected chi connectivity index (χ4v) is 4.78. The SMILES string of the molecule is Cc1ccccc1-n1c(Cn2nc(-c3cccc(O)c3)c3c(N)ncnc32)cc2nccc(C)c2c1=O. The van der Waals surface area contributed by atoms with Crippen LogP contribution in [0.15, 0.2) is 78.0 Å². The van der Waals surface area contributed by atoms with E-state index in [1.165, 1.54) is 6.33 Å². The van der Waals surface area contributed by atoms with Crippen LogP contribution in [0.1, 0.15) is 16.8 Å². The minimum atomic E-state index is -0.147. The number of aromatic hydroxyl groups is 1. The van der Waals surface area contributed by atoms with Crippen LogP contribution in [0.4, 0.5) is 5.82 Å². The molecule has 37 heavy (non-hydrogen) atoms.